The number of ether oxygens (including phenoxy) is 1. The number of piperidine rings is 1. The number of carbonyl (C=O) groups is 3. The van der Waals surface area contributed by atoms with Gasteiger partial charge in [-0.25, -0.2) is 10.3 Å². The average Bonchev–Trinajstić information content (AvgIpc) is 2.65. The van der Waals surface area contributed by atoms with Gasteiger partial charge in [-0.1, -0.05) is 13.3 Å². The van der Waals surface area contributed by atoms with E-state index in [1.807, 2.05) is 7.05 Å². The molecule has 174 valence electrons. The fraction of sp³-hybridized carbons (Fsp3) is 0.850. The lowest BCUT2D eigenvalue weighted by Gasteiger charge is -2.40. The van der Waals surface area contributed by atoms with Crippen molar-refractivity contribution in [1.29, 1.82) is 0 Å². The Bertz CT molecular complexity index is 566. The monoisotopic (exact) mass is 430 g/mol. The molecule has 0 aromatic carbocycles. The molecule has 1 aliphatic rings. The molecule has 0 saturated carbocycles. The molecule has 0 aromatic rings. The van der Waals surface area contributed by atoms with Crippen molar-refractivity contribution in [3.63, 3.8) is 0 Å². The van der Waals surface area contributed by atoms with E-state index in [1.54, 1.807) is 30.7 Å². The number of amides is 3. The van der Waals surface area contributed by atoms with Gasteiger partial charge in [-0.3, -0.25) is 19.3 Å². The summed E-state index contributed by atoms with van der Waals surface area (Å²) >= 11 is 0. The third kappa shape index (κ3) is 9.73. The van der Waals surface area contributed by atoms with Crippen LogP contribution in [0.5, 0.6) is 0 Å². The minimum atomic E-state index is -0.596. The number of hydrogen-bond acceptors (Lipinski definition) is 7. The molecule has 0 bridgehead atoms. The minimum Gasteiger partial charge on any atom is -0.444 e. The number of nitrogens with zero attached hydrogens (tertiary/aromatic N) is 2. The molecule has 1 heterocycles. The Hall–Kier alpha value is -1.91. The molecule has 10 nitrogen and oxygen atoms in total. The Morgan fingerprint density at radius 3 is 2.47 bits per heavy atom. The van der Waals surface area contributed by atoms with Gasteiger partial charge in [0.25, 0.3) is 5.91 Å². The van der Waals surface area contributed by atoms with Crippen molar-refractivity contribution in [2.45, 2.75) is 78.0 Å². The van der Waals surface area contributed by atoms with Crippen LogP contribution in [0.15, 0.2) is 0 Å². The smallest absolute Gasteiger partial charge is 0.407 e. The SMILES string of the molecule is CCCCON(C)[C@@H]1CC[C@@H](C(=O)NOCCNC(=O)OC(C)(C)C)N(C(C)=O)C1. The average molecular weight is 431 g/mol. The zero-order valence-corrected chi connectivity index (χ0v) is 19.2. The number of carbonyl (C=O) groups excluding carboxylic acids is 3. The summed E-state index contributed by atoms with van der Waals surface area (Å²) in [6, 6.07) is -0.560. The summed E-state index contributed by atoms with van der Waals surface area (Å²) in [4.78, 5) is 48.6. The number of hydrogen-bond donors (Lipinski definition) is 2. The van der Waals surface area contributed by atoms with Crippen LogP contribution >= 0.6 is 0 Å². The van der Waals surface area contributed by atoms with Gasteiger partial charge >= 0.3 is 6.09 Å². The molecule has 1 aliphatic heterocycles. The normalized spacial score (nSPS) is 19.5. The van der Waals surface area contributed by atoms with E-state index in [1.165, 1.54) is 6.92 Å². The van der Waals surface area contributed by atoms with Gasteiger partial charge in [-0.2, -0.15) is 5.06 Å². The van der Waals surface area contributed by atoms with E-state index in [4.69, 9.17) is 14.4 Å². The first-order valence-electron chi connectivity index (χ1n) is 10.6. The summed E-state index contributed by atoms with van der Waals surface area (Å²) in [5.41, 5.74) is 1.80. The van der Waals surface area contributed by atoms with E-state index in [9.17, 15) is 14.4 Å². The number of likely N-dealkylation sites (N-methyl/N-ethyl adjacent to an activating group) is 1. The molecule has 30 heavy (non-hydrogen) atoms. The van der Waals surface area contributed by atoms with Crippen molar-refractivity contribution >= 4 is 17.9 Å². The number of rotatable bonds is 10. The number of nitrogens with one attached hydrogen (secondary N) is 2. The van der Waals surface area contributed by atoms with Crippen LogP contribution < -0.4 is 10.8 Å². The van der Waals surface area contributed by atoms with Crippen LogP contribution in [0, 0.1) is 0 Å². The lowest BCUT2D eigenvalue weighted by atomic mass is 9.97. The molecule has 0 spiro atoms. The van der Waals surface area contributed by atoms with E-state index < -0.39 is 17.7 Å². The Balaban J connectivity index is 2.40. The third-order valence-corrected chi connectivity index (χ3v) is 4.62. The van der Waals surface area contributed by atoms with Crippen LogP contribution in [0.3, 0.4) is 0 Å². The molecule has 1 saturated heterocycles. The molecule has 10 heteroatoms. The van der Waals surface area contributed by atoms with Gasteiger partial charge in [0.05, 0.1) is 19.3 Å². The minimum absolute atomic E-state index is 0.0359. The third-order valence-electron chi connectivity index (χ3n) is 4.62. The van der Waals surface area contributed by atoms with Gasteiger partial charge < -0.3 is 15.0 Å². The number of hydroxylamine groups is 3. The van der Waals surface area contributed by atoms with Gasteiger partial charge in [-0.05, 0) is 40.0 Å². The lowest BCUT2D eigenvalue weighted by Crippen LogP contribution is -2.57. The summed E-state index contributed by atoms with van der Waals surface area (Å²) in [6.45, 7) is 10.2. The fourth-order valence-electron chi connectivity index (χ4n) is 3.04. The predicted octanol–water partition coefficient (Wildman–Crippen LogP) is 1.60. The second-order valence-electron chi connectivity index (χ2n) is 8.39. The largest absolute Gasteiger partial charge is 0.444 e. The van der Waals surface area contributed by atoms with Crippen molar-refractivity contribution < 1.29 is 28.8 Å². The van der Waals surface area contributed by atoms with Gasteiger partial charge in [0.1, 0.15) is 11.6 Å². The molecule has 2 N–H and O–H groups in total. The highest BCUT2D eigenvalue weighted by molar-refractivity contribution is 5.86. The predicted molar refractivity (Wildman–Crippen MR) is 111 cm³/mol. The zero-order valence-electron chi connectivity index (χ0n) is 19.2. The number of alkyl carbamates (subject to hydrolysis) is 1. The molecule has 1 fully saturated rings. The Kier molecular flexibility index (Phi) is 11.1. The van der Waals surface area contributed by atoms with E-state index >= 15 is 0 Å². The van der Waals surface area contributed by atoms with E-state index in [0.717, 1.165) is 19.3 Å². The van der Waals surface area contributed by atoms with Gasteiger partial charge in [0, 0.05) is 27.1 Å². The molecule has 2 atom stereocenters. The van der Waals surface area contributed by atoms with Crippen molar-refractivity contribution in [1.82, 2.24) is 20.8 Å². The quantitative estimate of drug-likeness (QED) is 0.400. The molecule has 0 unspecified atom stereocenters. The van der Waals surface area contributed by atoms with Crippen LogP contribution in [-0.2, 0) is 24.0 Å². The lowest BCUT2D eigenvalue weighted by molar-refractivity contribution is -0.185. The molecular weight excluding hydrogens is 392 g/mol. The van der Waals surface area contributed by atoms with Crippen LogP contribution in [0.2, 0.25) is 0 Å². The molecule has 0 radical (unpaired) electrons. The Morgan fingerprint density at radius 1 is 1.17 bits per heavy atom. The van der Waals surface area contributed by atoms with E-state index in [0.29, 0.717) is 19.6 Å². The van der Waals surface area contributed by atoms with Crippen LogP contribution in [-0.4, -0.2) is 78.9 Å². The van der Waals surface area contributed by atoms with Gasteiger partial charge in [-0.15, -0.1) is 0 Å². The van der Waals surface area contributed by atoms with E-state index in [-0.39, 0.29) is 31.0 Å². The number of unbranched alkanes of at least 4 members (excludes halogenated alkanes) is 1. The highest BCUT2D eigenvalue weighted by Crippen LogP contribution is 2.21. The highest BCUT2D eigenvalue weighted by Gasteiger charge is 2.36. The maximum Gasteiger partial charge on any atom is 0.407 e. The van der Waals surface area contributed by atoms with Gasteiger partial charge in [0.15, 0.2) is 0 Å². The maximum absolute atomic E-state index is 12.5. The van der Waals surface area contributed by atoms with Crippen LogP contribution in [0.25, 0.3) is 0 Å². The Morgan fingerprint density at radius 2 is 1.87 bits per heavy atom. The first-order chi connectivity index (χ1) is 14.0. The summed E-state index contributed by atoms with van der Waals surface area (Å²) in [5, 5.41) is 4.33. The second kappa shape index (κ2) is 12.7. The van der Waals surface area contributed by atoms with Crippen molar-refractivity contribution in [3.05, 3.63) is 0 Å². The summed E-state index contributed by atoms with van der Waals surface area (Å²) in [5.74, 6) is -0.552. The summed E-state index contributed by atoms with van der Waals surface area (Å²) in [6.07, 6.45) is 2.71. The van der Waals surface area contributed by atoms with E-state index in [2.05, 4.69) is 17.7 Å². The highest BCUT2D eigenvalue weighted by atomic mass is 16.7. The molecule has 0 aromatic heterocycles. The zero-order chi connectivity index (χ0) is 22.7. The standard InChI is InChI=1S/C20H38N4O6/c1-7-8-12-29-23(6)16-9-10-17(24(14-16)15(2)25)18(26)22-28-13-11-21-19(27)30-20(3,4)5/h16-17H,7-14H2,1-6H3,(H,21,27)(H,22,26)/t16-,17+/m1/s1. The fourth-order valence-corrected chi connectivity index (χ4v) is 3.04. The first-order valence-corrected chi connectivity index (χ1v) is 10.6. The molecule has 1 rings (SSSR count). The molecule has 0 aliphatic carbocycles. The topological polar surface area (TPSA) is 109 Å². The summed E-state index contributed by atoms with van der Waals surface area (Å²) < 4.78 is 5.11. The van der Waals surface area contributed by atoms with Crippen LogP contribution in [0.1, 0.15) is 60.3 Å². The van der Waals surface area contributed by atoms with Gasteiger partial charge in [0.2, 0.25) is 5.91 Å². The summed E-state index contributed by atoms with van der Waals surface area (Å²) in [7, 11) is 1.86. The maximum atomic E-state index is 12.5. The Labute approximate surface area is 179 Å². The van der Waals surface area contributed by atoms with Crippen molar-refractivity contribution in [3.8, 4) is 0 Å². The second-order valence-corrected chi connectivity index (χ2v) is 8.39. The molecular formula is C20H38N4O6. The van der Waals surface area contributed by atoms with Crippen molar-refractivity contribution in [2.24, 2.45) is 0 Å². The van der Waals surface area contributed by atoms with Crippen molar-refractivity contribution in [2.75, 3.05) is 33.4 Å². The van der Waals surface area contributed by atoms with Crippen LogP contribution in [0.4, 0.5) is 4.79 Å². The number of likely N-dealkylation sites (tertiary alicyclic amines) is 1. The molecule has 3 amide bonds. The first kappa shape index (κ1) is 26.1.